The Hall–Kier alpha value is -0.570. The average Bonchev–Trinajstić information content (AvgIpc) is 2.08. The summed E-state index contributed by atoms with van der Waals surface area (Å²) in [6, 6.07) is -0.272. The van der Waals surface area contributed by atoms with E-state index in [2.05, 4.69) is 18.7 Å². The van der Waals surface area contributed by atoms with Gasteiger partial charge in [0.1, 0.15) is 6.04 Å². The van der Waals surface area contributed by atoms with Gasteiger partial charge in [0, 0.05) is 0 Å². The number of carboxylic acid groups (broad SMARTS) is 1. The van der Waals surface area contributed by atoms with Crippen LogP contribution in [-0.4, -0.2) is 35.1 Å². The van der Waals surface area contributed by atoms with Crippen molar-refractivity contribution < 1.29 is 9.90 Å². The minimum atomic E-state index is -0.674. The van der Waals surface area contributed by atoms with Gasteiger partial charge in [0.05, 0.1) is 0 Å². The van der Waals surface area contributed by atoms with Crippen LogP contribution in [0.4, 0.5) is 0 Å². The largest absolute Gasteiger partial charge is 0.480 e. The first-order valence-corrected chi connectivity index (χ1v) is 5.43. The van der Waals surface area contributed by atoms with Gasteiger partial charge in [-0.25, -0.2) is 0 Å². The number of nitrogens with zero attached hydrogens (tertiary/aromatic N) is 1. The quantitative estimate of drug-likeness (QED) is 0.755. The molecule has 1 saturated heterocycles. The Morgan fingerprint density at radius 1 is 1.43 bits per heavy atom. The molecule has 3 heteroatoms. The highest BCUT2D eigenvalue weighted by atomic mass is 16.4. The summed E-state index contributed by atoms with van der Waals surface area (Å²) in [4.78, 5) is 13.1. The molecule has 0 aliphatic carbocycles. The van der Waals surface area contributed by atoms with E-state index in [4.69, 9.17) is 5.11 Å². The third kappa shape index (κ3) is 2.71. The first-order chi connectivity index (χ1) is 6.46. The summed E-state index contributed by atoms with van der Waals surface area (Å²) < 4.78 is 0. The lowest BCUT2D eigenvalue weighted by Crippen LogP contribution is -2.46. The molecule has 1 N–H and O–H groups in total. The molecular formula is C11H21NO2. The van der Waals surface area contributed by atoms with E-state index in [9.17, 15) is 4.79 Å². The van der Waals surface area contributed by atoms with Gasteiger partial charge >= 0.3 is 5.97 Å². The van der Waals surface area contributed by atoms with Gasteiger partial charge in [0.2, 0.25) is 0 Å². The van der Waals surface area contributed by atoms with E-state index in [1.165, 1.54) is 0 Å². The van der Waals surface area contributed by atoms with Gasteiger partial charge in [0.15, 0.2) is 0 Å². The van der Waals surface area contributed by atoms with Crippen LogP contribution in [0.1, 0.15) is 40.0 Å². The third-order valence-corrected chi connectivity index (χ3v) is 3.26. The van der Waals surface area contributed by atoms with E-state index in [0.29, 0.717) is 11.8 Å². The molecule has 0 bridgehead atoms. The van der Waals surface area contributed by atoms with Crippen molar-refractivity contribution in [1.82, 2.24) is 4.90 Å². The van der Waals surface area contributed by atoms with E-state index in [0.717, 1.165) is 25.9 Å². The number of rotatable bonds is 3. The molecule has 0 aromatic rings. The van der Waals surface area contributed by atoms with E-state index >= 15 is 0 Å². The van der Waals surface area contributed by atoms with Crippen molar-refractivity contribution in [3.63, 3.8) is 0 Å². The third-order valence-electron chi connectivity index (χ3n) is 3.26. The van der Waals surface area contributed by atoms with Gasteiger partial charge in [-0.3, -0.25) is 9.69 Å². The van der Waals surface area contributed by atoms with E-state index in [1.807, 2.05) is 6.92 Å². The predicted molar refractivity (Wildman–Crippen MR) is 56.3 cm³/mol. The van der Waals surface area contributed by atoms with E-state index in [-0.39, 0.29) is 6.04 Å². The number of likely N-dealkylation sites (tertiary alicyclic amines) is 1. The van der Waals surface area contributed by atoms with Crippen LogP contribution in [0, 0.1) is 5.41 Å². The Balaban J connectivity index is 2.51. The highest BCUT2D eigenvalue weighted by Crippen LogP contribution is 2.30. The molecule has 14 heavy (non-hydrogen) atoms. The number of aliphatic carboxylic acids is 1. The Kier molecular flexibility index (Phi) is 3.53. The van der Waals surface area contributed by atoms with Gasteiger partial charge in [-0.2, -0.15) is 0 Å². The topological polar surface area (TPSA) is 40.5 Å². The predicted octanol–water partition coefficient (Wildman–Crippen LogP) is 1.97. The second-order valence-electron chi connectivity index (χ2n) is 4.96. The Morgan fingerprint density at radius 2 is 1.93 bits per heavy atom. The maximum absolute atomic E-state index is 10.9. The highest BCUT2D eigenvalue weighted by molar-refractivity contribution is 5.73. The van der Waals surface area contributed by atoms with Crippen molar-refractivity contribution in [2.45, 2.75) is 46.1 Å². The van der Waals surface area contributed by atoms with Crippen LogP contribution in [0.15, 0.2) is 0 Å². The fraction of sp³-hybridized carbons (Fsp3) is 0.909. The number of hydrogen-bond acceptors (Lipinski definition) is 2. The van der Waals surface area contributed by atoms with Crippen molar-refractivity contribution in [2.24, 2.45) is 5.41 Å². The molecule has 0 saturated carbocycles. The lowest BCUT2D eigenvalue weighted by atomic mass is 9.82. The molecule has 1 heterocycles. The molecule has 1 unspecified atom stereocenters. The number of hydrogen-bond donors (Lipinski definition) is 1. The standard InChI is InChI=1S/C11H21NO2/c1-4-9(10(13)14)12-7-5-11(2,3)6-8-12/h9H,4-8H2,1-3H3,(H,13,14). The van der Waals surface area contributed by atoms with Crippen molar-refractivity contribution in [3.05, 3.63) is 0 Å². The Labute approximate surface area is 86.1 Å². The SMILES string of the molecule is CCC(C(=O)O)N1CCC(C)(C)CC1. The van der Waals surface area contributed by atoms with Gasteiger partial charge < -0.3 is 5.11 Å². The van der Waals surface area contributed by atoms with Crippen molar-refractivity contribution >= 4 is 5.97 Å². The molecular weight excluding hydrogens is 178 g/mol. The molecule has 0 amide bonds. The molecule has 82 valence electrons. The zero-order valence-corrected chi connectivity index (χ0v) is 9.42. The second-order valence-corrected chi connectivity index (χ2v) is 4.96. The molecule has 0 spiro atoms. The molecule has 1 fully saturated rings. The van der Waals surface area contributed by atoms with Crippen molar-refractivity contribution in [1.29, 1.82) is 0 Å². The fourth-order valence-electron chi connectivity index (χ4n) is 2.03. The number of carbonyl (C=O) groups is 1. The fourth-order valence-corrected chi connectivity index (χ4v) is 2.03. The van der Waals surface area contributed by atoms with E-state index < -0.39 is 5.97 Å². The van der Waals surface area contributed by atoms with Crippen molar-refractivity contribution in [2.75, 3.05) is 13.1 Å². The molecule has 1 aliphatic rings. The maximum Gasteiger partial charge on any atom is 0.320 e. The van der Waals surface area contributed by atoms with Crippen LogP contribution in [0.2, 0.25) is 0 Å². The minimum absolute atomic E-state index is 0.272. The van der Waals surface area contributed by atoms with Gasteiger partial charge in [-0.1, -0.05) is 20.8 Å². The van der Waals surface area contributed by atoms with Crippen LogP contribution in [-0.2, 0) is 4.79 Å². The van der Waals surface area contributed by atoms with Gasteiger partial charge in [-0.15, -0.1) is 0 Å². The molecule has 0 radical (unpaired) electrons. The Bertz CT molecular complexity index is 203. The summed E-state index contributed by atoms with van der Waals surface area (Å²) >= 11 is 0. The van der Waals surface area contributed by atoms with Crippen LogP contribution in [0.5, 0.6) is 0 Å². The molecule has 1 rings (SSSR count). The zero-order valence-electron chi connectivity index (χ0n) is 9.42. The first-order valence-electron chi connectivity index (χ1n) is 5.43. The molecule has 1 atom stereocenters. The lowest BCUT2D eigenvalue weighted by Gasteiger charge is -2.39. The summed E-state index contributed by atoms with van der Waals surface area (Å²) in [5.74, 6) is -0.674. The highest BCUT2D eigenvalue weighted by Gasteiger charge is 2.31. The monoisotopic (exact) mass is 199 g/mol. The van der Waals surface area contributed by atoms with Crippen LogP contribution < -0.4 is 0 Å². The second kappa shape index (κ2) is 4.30. The molecule has 1 aliphatic heterocycles. The summed E-state index contributed by atoms with van der Waals surface area (Å²) in [6.07, 6.45) is 2.92. The summed E-state index contributed by atoms with van der Waals surface area (Å²) in [7, 11) is 0. The normalized spacial score (nSPS) is 24.5. The van der Waals surface area contributed by atoms with Gasteiger partial charge in [-0.05, 0) is 37.8 Å². The van der Waals surface area contributed by atoms with Crippen LogP contribution in [0.3, 0.4) is 0 Å². The maximum atomic E-state index is 10.9. The van der Waals surface area contributed by atoms with E-state index in [1.54, 1.807) is 0 Å². The molecule has 0 aromatic heterocycles. The summed E-state index contributed by atoms with van der Waals surface area (Å²) in [5.41, 5.74) is 0.396. The van der Waals surface area contributed by atoms with Crippen LogP contribution >= 0.6 is 0 Å². The molecule has 0 aromatic carbocycles. The Morgan fingerprint density at radius 3 is 2.29 bits per heavy atom. The van der Waals surface area contributed by atoms with Gasteiger partial charge in [0.25, 0.3) is 0 Å². The minimum Gasteiger partial charge on any atom is -0.480 e. The average molecular weight is 199 g/mol. The van der Waals surface area contributed by atoms with Crippen LogP contribution in [0.25, 0.3) is 0 Å². The summed E-state index contributed by atoms with van der Waals surface area (Å²) in [5, 5.41) is 9.01. The number of piperidine rings is 1. The van der Waals surface area contributed by atoms with Crippen molar-refractivity contribution in [3.8, 4) is 0 Å². The summed E-state index contributed by atoms with van der Waals surface area (Å²) in [6.45, 7) is 8.31. The number of carboxylic acids is 1. The molecule has 3 nitrogen and oxygen atoms in total. The first kappa shape index (κ1) is 11.5. The smallest absolute Gasteiger partial charge is 0.320 e. The zero-order chi connectivity index (χ0) is 10.8. The lowest BCUT2D eigenvalue weighted by molar-refractivity contribution is -0.144.